The maximum atomic E-state index is 11.5. The highest BCUT2D eigenvalue weighted by Crippen LogP contribution is 2.37. The number of hydrogen-bond donors (Lipinski definition) is 2. The van der Waals surface area contributed by atoms with Gasteiger partial charge in [-0.3, -0.25) is 4.98 Å². The summed E-state index contributed by atoms with van der Waals surface area (Å²) in [5.41, 5.74) is 2.02. The normalized spacial score (nSPS) is 18.3. The van der Waals surface area contributed by atoms with Gasteiger partial charge in [0.25, 0.3) is 0 Å². The van der Waals surface area contributed by atoms with Crippen LogP contribution in [0, 0.1) is 6.92 Å². The number of pyridine rings is 1. The lowest BCUT2D eigenvalue weighted by atomic mass is 9.84. The molecule has 0 spiro atoms. The maximum absolute atomic E-state index is 11.5. The number of aryl methyl sites for hydroxylation is 1. The van der Waals surface area contributed by atoms with Gasteiger partial charge in [-0.05, 0) is 31.4 Å². The third kappa shape index (κ3) is 2.71. The fourth-order valence-corrected chi connectivity index (χ4v) is 3.32. The predicted octanol–water partition coefficient (Wildman–Crippen LogP) is 0.691. The SMILES string of the molecule is Cc1ccc(CNCC2(S(N)(=O)=O)CCC2)nc1. The molecule has 1 fully saturated rings. The van der Waals surface area contributed by atoms with Gasteiger partial charge in [-0.15, -0.1) is 0 Å². The van der Waals surface area contributed by atoms with E-state index in [0.717, 1.165) is 17.7 Å². The zero-order chi connectivity index (χ0) is 13.2. The average Bonchev–Trinajstić information content (AvgIpc) is 2.22. The number of nitrogens with two attached hydrogens (primary N) is 1. The van der Waals surface area contributed by atoms with Crippen LogP contribution in [0.25, 0.3) is 0 Å². The second-order valence-electron chi connectivity index (χ2n) is 5.01. The molecule has 1 aliphatic rings. The summed E-state index contributed by atoms with van der Waals surface area (Å²) in [7, 11) is -3.47. The van der Waals surface area contributed by atoms with Crippen molar-refractivity contribution in [3.8, 4) is 0 Å². The molecule has 0 saturated heterocycles. The monoisotopic (exact) mass is 269 g/mol. The molecule has 1 aromatic heterocycles. The molecule has 0 radical (unpaired) electrons. The molecule has 3 N–H and O–H groups in total. The van der Waals surface area contributed by atoms with E-state index >= 15 is 0 Å². The topological polar surface area (TPSA) is 85.1 Å². The van der Waals surface area contributed by atoms with Crippen LogP contribution in [0.5, 0.6) is 0 Å². The number of sulfonamides is 1. The number of nitrogens with one attached hydrogen (secondary N) is 1. The lowest BCUT2D eigenvalue weighted by Crippen LogP contribution is -2.55. The maximum Gasteiger partial charge on any atom is 0.216 e. The van der Waals surface area contributed by atoms with Crippen molar-refractivity contribution in [2.24, 2.45) is 5.14 Å². The predicted molar refractivity (Wildman–Crippen MR) is 70.4 cm³/mol. The lowest BCUT2D eigenvalue weighted by Gasteiger charge is -2.39. The molecular weight excluding hydrogens is 250 g/mol. The van der Waals surface area contributed by atoms with Crippen molar-refractivity contribution in [2.75, 3.05) is 6.54 Å². The molecule has 1 heterocycles. The van der Waals surface area contributed by atoms with Gasteiger partial charge in [0.2, 0.25) is 10.0 Å². The van der Waals surface area contributed by atoms with Crippen molar-refractivity contribution in [1.29, 1.82) is 0 Å². The zero-order valence-corrected chi connectivity index (χ0v) is 11.3. The van der Waals surface area contributed by atoms with Crippen molar-refractivity contribution >= 4 is 10.0 Å². The fraction of sp³-hybridized carbons (Fsp3) is 0.583. The van der Waals surface area contributed by atoms with E-state index in [0.29, 0.717) is 25.9 Å². The van der Waals surface area contributed by atoms with E-state index in [1.54, 1.807) is 6.20 Å². The van der Waals surface area contributed by atoms with E-state index in [4.69, 9.17) is 5.14 Å². The Morgan fingerprint density at radius 3 is 2.61 bits per heavy atom. The van der Waals surface area contributed by atoms with E-state index in [1.807, 2.05) is 19.1 Å². The summed E-state index contributed by atoms with van der Waals surface area (Å²) in [6.07, 6.45) is 4.04. The van der Waals surface area contributed by atoms with Crippen molar-refractivity contribution in [1.82, 2.24) is 10.3 Å². The van der Waals surface area contributed by atoms with Crippen LogP contribution in [-0.4, -0.2) is 24.7 Å². The molecule has 0 bridgehead atoms. The first-order valence-corrected chi connectivity index (χ1v) is 7.62. The fourth-order valence-electron chi connectivity index (χ4n) is 2.15. The van der Waals surface area contributed by atoms with Gasteiger partial charge in [0.15, 0.2) is 0 Å². The van der Waals surface area contributed by atoms with Gasteiger partial charge in [-0.25, -0.2) is 13.6 Å². The van der Waals surface area contributed by atoms with Crippen LogP contribution >= 0.6 is 0 Å². The van der Waals surface area contributed by atoms with Crippen LogP contribution in [0.15, 0.2) is 18.3 Å². The smallest absolute Gasteiger partial charge is 0.216 e. The Labute approximate surface area is 108 Å². The van der Waals surface area contributed by atoms with Gasteiger partial charge in [0.1, 0.15) is 0 Å². The number of aromatic nitrogens is 1. The summed E-state index contributed by atoms with van der Waals surface area (Å²) < 4.78 is 22.3. The number of rotatable bonds is 5. The molecule has 18 heavy (non-hydrogen) atoms. The molecule has 5 nitrogen and oxygen atoms in total. The Balaban J connectivity index is 1.90. The second-order valence-corrected chi connectivity index (χ2v) is 6.97. The van der Waals surface area contributed by atoms with Crippen molar-refractivity contribution < 1.29 is 8.42 Å². The van der Waals surface area contributed by atoms with Crippen molar-refractivity contribution in [2.45, 2.75) is 37.5 Å². The first-order chi connectivity index (χ1) is 8.43. The molecule has 0 amide bonds. The third-order valence-corrected chi connectivity index (χ3v) is 5.35. The van der Waals surface area contributed by atoms with Gasteiger partial charge in [0.05, 0.1) is 10.4 Å². The van der Waals surface area contributed by atoms with E-state index < -0.39 is 14.8 Å². The van der Waals surface area contributed by atoms with Gasteiger partial charge < -0.3 is 5.32 Å². The molecule has 0 unspecified atom stereocenters. The Bertz CT molecular complexity index is 507. The average molecular weight is 269 g/mol. The quantitative estimate of drug-likeness (QED) is 0.823. The Hall–Kier alpha value is -0.980. The van der Waals surface area contributed by atoms with E-state index in [9.17, 15) is 8.42 Å². The van der Waals surface area contributed by atoms with E-state index in [1.165, 1.54) is 0 Å². The standard InChI is InChI=1S/C12H19N3O2S/c1-10-3-4-11(15-7-10)8-14-9-12(5-2-6-12)18(13,16)17/h3-4,7,14H,2,5-6,8-9H2,1H3,(H2,13,16,17). The van der Waals surface area contributed by atoms with Crippen LogP contribution in [0.2, 0.25) is 0 Å². The minimum Gasteiger partial charge on any atom is -0.310 e. The highest BCUT2D eigenvalue weighted by Gasteiger charge is 2.46. The van der Waals surface area contributed by atoms with E-state index in [-0.39, 0.29) is 0 Å². The molecule has 1 aliphatic carbocycles. The lowest BCUT2D eigenvalue weighted by molar-refractivity contribution is 0.321. The molecular formula is C12H19N3O2S. The number of nitrogens with zero attached hydrogens (tertiary/aromatic N) is 1. The third-order valence-electron chi connectivity index (χ3n) is 3.59. The van der Waals surface area contributed by atoms with Crippen LogP contribution in [0.3, 0.4) is 0 Å². The van der Waals surface area contributed by atoms with Crippen LogP contribution in [0.4, 0.5) is 0 Å². The molecule has 100 valence electrons. The van der Waals surface area contributed by atoms with Gasteiger partial charge in [0, 0.05) is 19.3 Å². The van der Waals surface area contributed by atoms with Gasteiger partial charge >= 0.3 is 0 Å². The minimum atomic E-state index is -3.47. The Morgan fingerprint density at radius 2 is 2.17 bits per heavy atom. The summed E-state index contributed by atoms with van der Waals surface area (Å²) in [5, 5.41) is 8.44. The van der Waals surface area contributed by atoms with Crippen molar-refractivity contribution in [3.05, 3.63) is 29.6 Å². The summed E-state index contributed by atoms with van der Waals surface area (Å²) in [6.45, 7) is 2.95. The Kier molecular flexibility index (Phi) is 3.70. The van der Waals surface area contributed by atoms with Gasteiger partial charge in [-0.1, -0.05) is 12.5 Å². The first kappa shape index (κ1) is 13.5. The second kappa shape index (κ2) is 4.95. The molecule has 0 atom stereocenters. The van der Waals surface area contributed by atoms with Crippen LogP contribution in [-0.2, 0) is 16.6 Å². The molecule has 0 aromatic carbocycles. The molecule has 1 aromatic rings. The molecule has 6 heteroatoms. The summed E-state index contributed by atoms with van der Waals surface area (Å²) >= 11 is 0. The zero-order valence-electron chi connectivity index (χ0n) is 10.5. The minimum absolute atomic E-state index is 0.404. The van der Waals surface area contributed by atoms with Gasteiger partial charge in [-0.2, -0.15) is 0 Å². The van der Waals surface area contributed by atoms with E-state index in [2.05, 4.69) is 10.3 Å². The summed E-state index contributed by atoms with van der Waals surface area (Å²) in [5.74, 6) is 0. The number of hydrogen-bond acceptors (Lipinski definition) is 4. The largest absolute Gasteiger partial charge is 0.310 e. The highest BCUT2D eigenvalue weighted by atomic mass is 32.2. The number of primary sulfonamides is 1. The van der Waals surface area contributed by atoms with Crippen LogP contribution < -0.4 is 10.5 Å². The Morgan fingerprint density at radius 1 is 1.44 bits per heavy atom. The molecule has 2 rings (SSSR count). The van der Waals surface area contributed by atoms with Crippen LogP contribution in [0.1, 0.15) is 30.5 Å². The molecule has 0 aliphatic heterocycles. The highest BCUT2D eigenvalue weighted by molar-refractivity contribution is 7.90. The summed E-state index contributed by atoms with van der Waals surface area (Å²) in [4.78, 5) is 4.26. The first-order valence-electron chi connectivity index (χ1n) is 6.08. The summed E-state index contributed by atoms with van der Waals surface area (Å²) in [6, 6.07) is 3.93. The van der Waals surface area contributed by atoms with Crippen molar-refractivity contribution in [3.63, 3.8) is 0 Å². The molecule has 1 saturated carbocycles.